The third-order valence-electron chi connectivity index (χ3n) is 2.98. The van der Waals surface area contributed by atoms with Gasteiger partial charge in [0.05, 0.1) is 6.61 Å². The monoisotopic (exact) mass is 347 g/mol. The molecule has 0 aliphatic carbocycles. The van der Waals surface area contributed by atoms with Crippen LogP contribution in [0.5, 0.6) is 5.75 Å². The van der Waals surface area contributed by atoms with E-state index in [4.69, 9.17) is 4.74 Å². The average Bonchev–Trinajstić information content (AvgIpc) is 2.47. The van der Waals surface area contributed by atoms with Gasteiger partial charge in [-0.1, -0.05) is 34.1 Å². The summed E-state index contributed by atoms with van der Waals surface area (Å²) in [6, 6.07) is 15.4. The number of carbonyl (C=O) groups is 1. The molecule has 0 heterocycles. The van der Waals surface area contributed by atoms with E-state index in [1.54, 1.807) is 0 Å². The predicted molar refractivity (Wildman–Crippen MR) is 88.7 cm³/mol. The predicted octanol–water partition coefficient (Wildman–Crippen LogP) is 4.42. The number of rotatable bonds is 6. The minimum absolute atomic E-state index is 0.0157. The van der Waals surface area contributed by atoms with Crippen LogP contribution in [0.15, 0.2) is 53.0 Å². The highest BCUT2D eigenvalue weighted by atomic mass is 79.9. The van der Waals surface area contributed by atoms with Crippen molar-refractivity contribution in [2.45, 2.75) is 19.8 Å². The fourth-order valence-electron chi connectivity index (χ4n) is 1.97. The molecular weight excluding hydrogens is 330 g/mol. The van der Waals surface area contributed by atoms with E-state index >= 15 is 0 Å². The molecule has 3 nitrogen and oxygen atoms in total. The summed E-state index contributed by atoms with van der Waals surface area (Å²) in [5.74, 6) is 0.877. The Morgan fingerprint density at radius 2 is 1.95 bits per heavy atom. The summed E-state index contributed by atoms with van der Waals surface area (Å²) in [6.07, 6.45) is 1.17. The maximum atomic E-state index is 11.9. The SMILES string of the molecule is CCOc1ccc(CCC(=O)Nc2cccc(Br)c2)cc1. The van der Waals surface area contributed by atoms with E-state index in [9.17, 15) is 4.79 Å². The highest BCUT2D eigenvalue weighted by Gasteiger charge is 2.04. The lowest BCUT2D eigenvalue weighted by Crippen LogP contribution is -2.12. The minimum atomic E-state index is 0.0157. The minimum Gasteiger partial charge on any atom is -0.494 e. The largest absolute Gasteiger partial charge is 0.494 e. The molecule has 0 radical (unpaired) electrons. The van der Waals surface area contributed by atoms with Gasteiger partial charge in [0, 0.05) is 16.6 Å². The van der Waals surface area contributed by atoms with Gasteiger partial charge in [0.15, 0.2) is 0 Å². The Morgan fingerprint density at radius 1 is 1.19 bits per heavy atom. The smallest absolute Gasteiger partial charge is 0.224 e. The topological polar surface area (TPSA) is 38.3 Å². The van der Waals surface area contributed by atoms with Crippen LogP contribution in [-0.4, -0.2) is 12.5 Å². The Morgan fingerprint density at radius 3 is 2.62 bits per heavy atom. The first-order valence-corrected chi connectivity index (χ1v) is 7.74. The van der Waals surface area contributed by atoms with Gasteiger partial charge in [-0.25, -0.2) is 0 Å². The summed E-state index contributed by atoms with van der Waals surface area (Å²) in [7, 11) is 0. The summed E-state index contributed by atoms with van der Waals surface area (Å²) in [5, 5.41) is 2.89. The van der Waals surface area contributed by atoms with Crippen molar-refractivity contribution < 1.29 is 9.53 Å². The Balaban J connectivity index is 1.83. The quantitative estimate of drug-likeness (QED) is 0.839. The van der Waals surface area contributed by atoms with Gasteiger partial charge in [-0.3, -0.25) is 4.79 Å². The molecule has 110 valence electrons. The molecule has 0 aliphatic heterocycles. The Bertz CT molecular complexity index is 596. The van der Waals surface area contributed by atoms with Gasteiger partial charge in [0.2, 0.25) is 5.91 Å². The molecule has 2 aromatic rings. The van der Waals surface area contributed by atoms with Crippen molar-refractivity contribution in [2.75, 3.05) is 11.9 Å². The summed E-state index contributed by atoms with van der Waals surface area (Å²) in [4.78, 5) is 11.9. The van der Waals surface area contributed by atoms with Crippen LogP contribution in [0, 0.1) is 0 Å². The van der Waals surface area contributed by atoms with Crippen LogP contribution >= 0.6 is 15.9 Å². The summed E-state index contributed by atoms with van der Waals surface area (Å²) >= 11 is 3.38. The zero-order chi connectivity index (χ0) is 15.1. The van der Waals surface area contributed by atoms with E-state index < -0.39 is 0 Å². The van der Waals surface area contributed by atoms with Crippen molar-refractivity contribution in [3.8, 4) is 5.75 Å². The molecule has 0 fully saturated rings. The van der Waals surface area contributed by atoms with Crippen LogP contribution in [0.1, 0.15) is 18.9 Å². The molecule has 4 heteroatoms. The Labute approximate surface area is 133 Å². The lowest BCUT2D eigenvalue weighted by atomic mass is 10.1. The van der Waals surface area contributed by atoms with Gasteiger partial charge in [-0.05, 0) is 49.2 Å². The highest BCUT2D eigenvalue weighted by molar-refractivity contribution is 9.10. The van der Waals surface area contributed by atoms with Crippen LogP contribution in [-0.2, 0) is 11.2 Å². The van der Waals surface area contributed by atoms with Crippen molar-refractivity contribution in [2.24, 2.45) is 0 Å². The molecule has 0 bridgehead atoms. The molecule has 0 aliphatic rings. The van der Waals surface area contributed by atoms with Crippen molar-refractivity contribution in [1.29, 1.82) is 0 Å². The molecule has 0 spiro atoms. The van der Waals surface area contributed by atoms with Crippen molar-refractivity contribution in [3.63, 3.8) is 0 Å². The van der Waals surface area contributed by atoms with Crippen molar-refractivity contribution in [1.82, 2.24) is 0 Å². The van der Waals surface area contributed by atoms with Crippen LogP contribution in [0.4, 0.5) is 5.69 Å². The molecule has 2 rings (SSSR count). The number of hydrogen-bond acceptors (Lipinski definition) is 2. The molecule has 2 aromatic carbocycles. The van der Waals surface area contributed by atoms with Crippen LogP contribution in [0.3, 0.4) is 0 Å². The second-order valence-electron chi connectivity index (χ2n) is 4.64. The van der Waals surface area contributed by atoms with Crippen LogP contribution in [0.2, 0.25) is 0 Å². The number of amides is 1. The van der Waals surface area contributed by atoms with Crippen LogP contribution < -0.4 is 10.1 Å². The van der Waals surface area contributed by atoms with E-state index in [0.29, 0.717) is 19.4 Å². The molecule has 21 heavy (non-hydrogen) atoms. The molecule has 0 saturated carbocycles. The second-order valence-corrected chi connectivity index (χ2v) is 5.55. The molecule has 0 aromatic heterocycles. The Kier molecular flexibility index (Phi) is 5.81. The first-order valence-electron chi connectivity index (χ1n) is 6.94. The highest BCUT2D eigenvalue weighted by Crippen LogP contribution is 2.17. The van der Waals surface area contributed by atoms with Crippen molar-refractivity contribution >= 4 is 27.5 Å². The summed E-state index contributed by atoms with van der Waals surface area (Å²) in [5.41, 5.74) is 1.93. The van der Waals surface area contributed by atoms with Crippen LogP contribution in [0.25, 0.3) is 0 Å². The number of aryl methyl sites for hydroxylation is 1. The molecule has 0 saturated heterocycles. The van der Waals surface area contributed by atoms with Gasteiger partial charge in [0.1, 0.15) is 5.75 Å². The first-order chi connectivity index (χ1) is 10.2. The molecule has 0 unspecified atom stereocenters. The molecular formula is C17H18BrNO2. The fraction of sp³-hybridized carbons (Fsp3) is 0.235. The van der Waals surface area contributed by atoms with E-state index in [1.165, 1.54) is 0 Å². The summed E-state index contributed by atoms with van der Waals surface area (Å²) < 4.78 is 6.34. The maximum absolute atomic E-state index is 11.9. The molecule has 1 N–H and O–H groups in total. The fourth-order valence-corrected chi connectivity index (χ4v) is 2.37. The van der Waals surface area contributed by atoms with Crippen molar-refractivity contribution in [3.05, 3.63) is 58.6 Å². The van der Waals surface area contributed by atoms with Gasteiger partial charge in [-0.2, -0.15) is 0 Å². The standard InChI is InChI=1S/C17H18BrNO2/c1-2-21-16-9-6-13(7-10-16)8-11-17(20)19-15-5-3-4-14(18)12-15/h3-7,9-10,12H,2,8,11H2,1H3,(H,19,20). The van der Waals surface area contributed by atoms with Gasteiger partial charge < -0.3 is 10.1 Å². The normalized spacial score (nSPS) is 10.2. The number of nitrogens with one attached hydrogen (secondary N) is 1. The van der Waals surface area contributed by atoms with E-state index in [1.807, 2.05) is 55.5 Å². The number of hydrogen-bond donors (Lipinski definition) is 1. The van der Waals surface area contributed by atoms with Gasteiger partial charge in [0.25, 0.3) is 0 Å². The van der Waals surface area contributed by atoms with Gasteiger partial charge in [-0.15, -0.1) is 0 Å². The van der Waals surface area contributed by atoms with E-state index in [-0.39, 0.29) is 5.91 Å². The molecule has 0 atom stereocenters. The number of ether oxygens (including phenoxy) is 1. The second kappa shape index (κ2) is 7.84. The van der Waals surface area contributed by atoms with Gasteiger partial charge >= 0.3 is 0 Å². The lowest BCUT2D eigenvalue weighted by molar-refractivity contribution is -0.116. The zero-order valence-corrected chi connectivity index (χ0v) is 13.5. The third-order valence-corrected chi connectivity index (χ3v) is 3.48. The van der Waals surface area contributed by atoms with E-state index in [2.05, 4.69) is 21.2 Å². The van der Waals surface area contributed by atoms with E-state index in [0.717, 1.165) is 21.5 Å². The number of halogens is 1. The lowest BCUT2D eigenvalue weighted by Gasteiger charge is -2.07. The number of carbonyl (C=O) groups excluding carboxylic acids is 1. The maximum Gasteiger partial charge on any atom is 0.224 e. The molecule has 1 amide bonds. The number of benzene rings is 2. The third kappa shape index (κ3) is 5.23. The summed E-state index contributed by atoms with van der Waals surface area (Å²) in [6.45, 7) is 2.62. The zero-order valence-electron chi connectivity index (χ0n) is 11.9. The average molecular weight is 348 g/mol. The Hall–Kier alpha value is -1.81. The number of anilines is 1. The first kappa shape index (κ1) is 15.6.